The quantitative estimate of drug-likeness (QED) is 0.322. The number of carbonyl (C=O) groups is 1. The van der Waals surface area contributed by atoms with Crippen molar-refractivity contribution in [2.75, 3.05) is 6.54 Å². The topological polar surface area (TPSA) is 127 Å². The van der Waals surface area contributed by atoms with Gasteiger partial charge in [-0.1, -0.05) is 52.3 Å². The summed E-state index contributed by atoms with van der Waals surface area (Å²) in [7, 11) is -7.74. The Balaban J connectivity index is 1.33. The molecule has 4 aromatic rings. The number of nitrogens with one attached hydrogen (secondary N) is 1. The first-order valence-corrected chi connectivity index (χ1v) is 15.5. The standard InChI is InChI=1S/C27H24BrN3O5S2/c1-17(15-30-38(35,36)23-10-7-18-13-22(28)9-6-19(18)14-23)31-16-21-12-20(8-11-25(21)27(31)32)24-4-2-3-5-26(24)37(29,33)34/h2-14,17,30H,15-16H2,1H3,(H2,29,33,34). The zero-order valence-corrected chi connectivity index (χ0v) is 23.5. The number of hydrogen-bond acceptors (Lipinski definition) is 5. The van der Waals surface area contributed by atoms with Gasteiger partial charge in [-0.2, -0.15) is 0 Å². The average Bonchev–Trinajstić information content (AvgIpc) is 3.22. The third-order valence-corrected chi connectivity index (χ3v) is 9.51. The van der Waals surface area contributed by atoms with Gasteiger partial charge in [0.2, 0.25) is 20.0 Å². The number of primary sulfonamides is 1. The maximum absolute atomic E-state index is 13.1. The van der Waals surface area contributed by atoms with Crippen LogP contribution in [0.25, 0.3) is 21.9 Å². The van der Waals surface area contributed by atoms with Crippen molar-refractivity contribution in [1.29, 1.82) is 0 Å². The molecule has 8 nitrogen and oxygen atoms in total. The second kappa shape index (κ2) is 9.90. The zero-order chi connectivity index (χ0) is 27.2. The fourth-order valence-electron chi connectivity index (χ4n) is 4.61. The predicted molar refractivity (Wildman–Crippen MR) is 149 cm³/mol. The van der Waals surface area contributed by atoms with E-state index in [1.807, 2.05) is 18.2 Å². The van der Waals surface area contributed by atoms with Crippen LogP contribution in [0.2, 0.25) is 0 Å². The van der Waals surface area contributed by atoms with Gasteiger partial charge in [-0.05, 0) is 71.3 Å². The summed E-state index contributed by atoms with van der Waals surface area (Å²) in [5, 5.41) is 7.10. The maximum Gasteiger partial charge on any atom is 0.254 e. The molecule has 4 aromatic carbocycles. The molecule has 0 spiro atoms. The summed E-state index contributed by atoms with van der Waals surface area (Å²) in [6.07, 6.45) is 0. The van der Waals surface area contributed by atoms with Crippen LogP contribution in [0, 0.1) is 0 Å². The largest absolute Gasteiger partial charge is 0.330 e. The van der Waals surface area contributed by atoms with E-state index in [0.29, 0.717) is 16.7 Å². The number of nitrogens with two attached hydrogens (primary N) is 1. The molecule has 1 unspecified atom stereocenters. The molecule has 1 atom stereocenters. The lowest BCUT2D eigenvalue weighted by atomic mass is 10.0. The SMILES string of the molecule is CC(CNS(=O)(=O)c1ccc2cc(Br)ccc2c1)N1Cc2cc(-c3ccccc3S(N)(=O)=O)ccc2C1=O. The minimum Gasteiger partial charge on any atom is -0.330 e. The smallest absolute Gasteiger partial charge is 0.254 e. The molecular formula is C27H24BrN3O5S2. The van der Waals surface area contributed by atoms with Crippen LogP contribution in [0.4, 0.5) is 0 Å². The van der Waals surface area contributed by atoms with Crippen molar-refractivity contribution in [2.45, 2.75) is 29.3 Å². The van der Waals surface area contributed by atoms with E-state index in [0.717, 1.165) is 20.8 Å². The van der Waals surface area contributed by atoms with Crippen LogP contribution in [0.3, 0.4) is 0 Å². The fraction of sp³-hybridized carbons (Fsp3) is 0.148. The van der Waals surface area contributed by atoms with Gasteiger partial charge in [0.05, 0.1) is 9.79 Å². The summed E-state index contributed by atoms with van der Waals surface area (Å²) >= 11 is 3.41. The van der Waals surface area contributed by atoms with Gasteiger partial charge in [-0.15, -0.1) is 0 Å². The number of rotatable bonds is 7. The number of amides is 1. The third-order valence-electron chi connectivity index (χ3n) is 6.63. The molecule has 11 heteroatoms. The molecule has 0 aromatic heterocycles. The van der Waals surface area contributed by atoms with Crippen molar-refractivity contribution >= 4 is 52.7 Å². The highest BCUT2D eigenvalue weighted by Crippen LogP contribution is 2.32. The first-order valence-electron chi connectivity index (χ1n) is 11.7. The molecular weight excluding hydrogens is 590 g/mol. The van der Waals surface area contributed by atoms with Crippen molar-refractivity contribution in [3.63, 3.8) is 0 Å². The number of carbonyl (C=O) groups excluding carboxylic acids is 1. The Hall–Kier alpha value is -3.09. The molecule has 196 valence electrons. The lowest BCUT2D eigenvalue weighted by Crippen LogP contribution is -2.42. The molecule has 38 heavy (non-hydrogen) atoms. The monoisotopic (exact) mass is 613 g/mol. The van der Waals surface area contributed by atoms with Gasteiger partial charge in [0.25, 0.3) is 5.91 Å². The number of sulfonamides is 2. The summed E-state index contributed by atoms with van der Waals surface area (Å²) in [5.41, 5.74) is 2.30. The summed E-state index contributed by atoms with van der Waals surface area (Å²) in [5.74, 6) is -0.214. The molecule has 3 N–H and O–H groups in total. The minimum atomic E-state index is -3.93. The van der Waals surface area contributed by atoms with Crippen molar-refractivity contribution < 1.29 is 21.6 Å². The molecule has 0 fully saturated rings. The van der Waals surface area contributed by atoms with E-state index in [1.165, 1.54) is 6.07 Å². The Bertz CT molecular complexity index is 1810. The summed E-state index contributed by atoms with van der Waals surface area (Å²) in [6, 6.07) is 21.7. The van der Waals surface area contributed by atoms with Crippen molar-refractivity contribution in [3.8, 4) is 11.1 Å². The second-order valence-corrected chi connectivity index (χ2v) is 13.4. The van der Waals surface area contributed by atoms with E-state index in [1.54, 1.807) is 66.4 Å². The van der Waals surface area contributed by atoms with Crippen LogP contribution < -0.4 is 9.86 Å². The van der Waals surface area contributed by atoms with Gasteiger partial charge in [0.1, 0.15) is 0 Å². The molecule has 1 aliphatic heterocycles. The van der Waals surface area contributed by atoms with Gasteiger partial charge in [0, 0.05) is 34.7 Å². The van der Waals surface area contributed by atoms with Crippen LogP contribution in [-0.4, -0.2) is 40.2 Å². The summed E-state index contributed by atoms with van der Waals surface area (Å²) in [6.45, 7) is 2.08. The highest BCUT2D eigenvalue weighted by Gasteiger charge is 2.32. The van der Waals surface area contributed by atoms with Crippen LogP contribution >= 0.6 is 15.9 Å². The van der Waals surface area contributed by atoms with Crippen LogP contribution in [0.5, 0.6) is 0 Å². The van der Waals surface area contributed by atoms with Gasteiger partial charge < -0.3 is 4.90 Å². The van der Waals surface area contributed by atoms with Crippen molar-refractivity contribution in [2.24, 2.45) is 5.14 Å². The average molecular weight is 615 g/mol. The molecule has 1 heterocycles. The van der Waals surface area contributed by atoms with Gasteiger partial charge >= 0.3 is 0 Å². The first-order chi connectivity index (χ1) is 17.9. The highest BCUT2D eigenvalue weighted by molar-refractivity contribution is 9.10. The summed E-state index contributed by atoms with van der Waals surface area (Å²) < 4.78 is 53.6. The minimum absolute atomic E-state index is 0.00484. The predicted octanol–water partition coefficient (Wildman–Crippen LogP) is 4.24. The van der Waals surface area contributed by atoms with E-state index < -0.39 is 26.1 Å². The van der Waals surface area contributed by atoms with E-state index in [2.05, 4.69) is 20.7 Å². The zero-order valence-electron chi connectivity index (χ0n) is 20.3. The Morgan fingerprint density at radius 1 is 0.921 bits per heavy atom. The fourth-order valence-corrected chi connectivity index (χ4v) is 6.90. The Morgan fingerprint density at radius 2 is 1.63 bits per heavy atom. The first kappa shape index (κ1) is 26.5. The molecule has 1 aliphatic rings. The van der Waals surface area contributed by atoms with Crippen LogP contribution in [0.1, 0.15) is 22.8 Å². The normalized spacial score (nSPS) is 14.6. The van der Waals surface area contributed by atoms with E-state index >= 15 is 0 Å². The molecule has 0 saturated heterocycles. The van der Waals surface area contributed by atoms with Crippen LogP contribution in [0.15, 0.2) is 93.1 Å². The number of halogens is 1. The summed E-state index contributed by atoms with van der Waals surface area (Å²) in [4.78, 5) is 14.9. The number of nitrogens with zero attached hydrogens (tertiary/aromatic N) is 1. The van der Waals surface area contributed by atoms with E-state index in [9.17, 15) is 21.6 Å². The molecule has 0 saturated carbocycles. The van der Waals surface area contributed by atoms with E-state index in [4.69, 9.17) is 5.14 Å². The molecule has 1 amide bonds. The second-order valence-electron chi connectivity index (χ2n) is 9.20. The Kier molecular flexibility index (Phi) is 6.91. The van der Waals surface area contributed by atoms with Gasteiger partial charge in [0.15, 0.2) is 0 Å². The molecule has 0 radical (unpaired) electrons. The Morgan fingerprint density at radius 3 is 2.39 bits per heavy atom. The number of fused-ring (bicyclic) bond motifs is 2. The van der Waals surface area contributed by atoms with E-state index in [-0.39, 0.29) is 28.8 Å². The van der Waals surface area contributed by atoms with Crippen molar-refractivity contribution in [1.82, 2.24) is 9.62 Å². The molecule has 0 aliphatic carbocycles. The van der Waals surface area contributed by atoms with Crippen LogP contribution in [-0.2, 0) is 26.6 Å². The maximum atomic E-state index is 13.1. The lowest BCUT2D eigenvalue weighted by Gasteiger charge is -2.24. The van der Waals surface area contributed by atoms with Gasteiger partial charge in [-0.25, -0.2) is 26.7 Å². The number of benzene rings is 4. The highest BCUT2D eigenvalue weighted by atomic mass is 79.9. The number of hydrogen-bond donors (Lipinski definition) is 2. The molecule has 5 rings (SSSR count). The molecule has 0 bridgehead atoms. The lowest BCUT2D eigenvalue weighted by molar-refractivity contribution is 0.0720. The third kappa shape index (κ3) is 5.12. The Labute approximate surface area is 229 Å². The van der Waals surface area contributed by atoms with Gasteiger partial charge in [-0.3, -0.25) is 4.79 Å². The van der Waals surface area contributed by atoms with Crippen molar-refractivity contribution in [3.05, 3.63) is 94.5 Å².